The van der Waals surface area contributed by atoms with Gasteiger partial charge in [0.15, 0.2) is 47.7 Å². The van der Waals surface area contributed by atoms with Crippen LogP contribution in [0, 0.1) is 29.6 Å². The highest BCUT2D eigenvalue weighted by atomic mass is 16.7. The van der Waals surface area contributed by atoms with Gasteiger partial charge in [0, 0.05) is 58.8 Å². The van der Waals surface area contributed by atoms with Crippen molar-refractivity contribution in [1.29, 1.82) is 0 Å². The molecule has 39 nitrogen and oxygen atoms in total. The first-order chi connectivity index (χ1) is 59.8. The molecule has 124 heavy (non-hydrogen) atoms. The second-order valence-corrected chi connectivity index (χ2v) is 30.7. The van der Waals surface area contributed by atoms with Crippen LogP contribution in [-0.4, -0.2) is 305 Å². The van der Waals surface area contributed by atoms with Crippen molar-refractivity contribution in [2.45, 2.75) is 163 Å². The number of hydrogen-bond acceptors (Lipinski definition) is 31. The van der Waals surface area contributed by atoms with Gasteiger partial charge in [-0.05, 0) is 110 Å². The van der Waals surface area contributed by atoms with Gasteiger partial charge >= 0.3 is 30.2 Å². The van der Waals surface area contributed by atoms with E-state index < -0.39 is 140 Å². The van der Waals surface area contributed by atoms with Gasteiger partial charge in [0.05, 0.1) is 134 Å². The van der Waals surface area contributed by atoms with Gasteiger partial charge in [-0.1, -0.05) is 42.5 Å². The second-order valence-electron chi connectivity index (χ2n) is 30.7. The number of carboxylic acid groups (broad SMARTS) is 2. The largest absolute Gasteiger partial charge is 0.493 e. The molecule has 6 heterocycles. The second kappa shape index (κ2) is 43.3. The number of carbonyl (C=O) groups excluding carboxylic acids is 6. The number of hydrogen-bond donors (Lipinski definition) is 10. The number of rotatable bonds is 40. The molecule has 4 aromatic carbocycles. The number of aliphatic hydroxyl groups is 6. The van der Waals surface area contributed by atoms with E-state index in [9.17, 15) is 79.2 Å². The van der Waals surface area contributed by atoms with Crippen LogP contribution in [0.1, 0.15) is 96.1 Å². The fraction of sp³-hybridized carbons (Fsp3) is 0.553. The molecule has 6 aliphatic heterocycles. The summed E-state index contributed by atoms with van der Waals surface area (Å²) in [7, 11) is 5.55. The summed E-state index contributed by atoms with van der Waals surface area (Å²) in [6, 6.07) is 14.4. The minimum Gasteiger partial charge on any atom is -0.493 e. The Morgan fingerprint density at radius 2 is 0.984 bits per heavy atom. The SMILES string of the molecule is C=C1C[C@H]2[C@H](OC)N(C(=O)OCc3ccc(O[C@@H]4O[C@H](C(=O)O)[C@@H](O)[C@H](O)[C@H]4O)cc3)c3cc(OCCCCCOc4cc5c(cc4OC)C(=O)N4CC(=C)C[C@H]4[C@H](OC)N5C(=O)OCc4ccc(O[C@@H]5O[C@H](C(=O)O)[C@@H](O)[C@H](O)[C@H]5O)c(NC(=O)CCOCCOCCOCCOCCNC(=O)OCC5[C@H]6CCC#CCC[C@@H]56)c4)c(OC)cc3C(=O)N2C1. The lowest BCUT2D eigenvalue weighted by Gasteiger charge is -2.38. The molecular weight excluding hydrogens is 1630 g/mol. The van der Waals surface area contributed by atoms with Gasteiger partial charge in [-0.15, -0.1) is 11.8 Å². The molecule has 2 aliphatic carbocycles. The van der Waals surface area contributed by atoms with Crippen LogP contribution in [0.5, 0.6) is 34.5 Å². The summed E-state index contributed by atoms with van der Waals surface area (Å²) in [4.78, 5) is 114. The van der Waals surface area contributed by atoms with Crippen molar-refractivity contribution in [2.24, 2.45) is 17.8 Å². The van der Waals surface area contributed by atoms with Gasteiger partial charge in [-0.3, -0.25) is 14.4 Å². The first-order valence-corrected chi connectivity index (χ1v) is 40.8. The van der Waals surface area contributed by atoms with E-state index in [4.69, 9.17) is 80.5 Å². The predicted molar refractivity (Wildman–Crippen MR) is 430 cm³/mol. The molecule has 4 aromatic rings. The third kappa shape index (κ3) is 22.3. The molecule has 0 radical (unpaired) electrons. The van der Waals surface area contributed by atoms with Crippen molar-refractivity contribution in [2.75, 3.05) is 136 Å². The fourth-order valence-corrected chi connectivity index (χ4v) is 16.0. The molecule has 0 spiro atoms. The van der Waals surface area contributed by atoms with E-state index in [1.165, 1.54) is 105 Å². The Morgan fingerprint density at radius 3 is 1.47 bits per heavy atom. The Labute approximate surface area is 713 Å². The molecule has 1 unspecified atom stereocenters. The molecular formula is C85H106N6O33. The van der Waals surface area contributed by atoms with Crippen LogP contribution in [0.3, 0.4) is 0 Å². The minimum atomic E-state index is -2.04. The van der Waals surface area contributed by atoms with E-state index in [1.54, 1.807) is 9.80 Å². The maximum atomic E-state index is 15.0. The first kappa shape index (κ1) is 92.5. The number of nitrogens with zero attached hydrogens (tertiary/aromatic N) is 4. The number of ether oxygens (including phenoxy) is 17. The summed E-state index contributed by atoms with van der Waals surface area (Å²) in [5.74, 6) is 3.66. The smallest absolute Gasteiger partial charge is 0.416 e. The lowest BCUT2D eigenvalue weighted by Crippen LogP contribution is -2.61. The van der Waals surface area contributed by atoms with Crippen LogP contribution in [0.2, 0.25) is 0 Å². The number of anilines is 3. The van der Waals surface area contributed by atoms with E-state index >= 15 is 0 Å². The molecule has 12 rings (SSSR count). The number of unbranched alkanes of at least 4 members (excludes halogenated alkanes) is 2. The number of methoxy groups -OCH3 is 4. The van der Waals surface area contributed by atoms with Gasteiger partial charge in [0.25, 0.3) is 11.8 Å². The number of aliphatic carboxylic acids is 2. The average molecular weight is 1740 g/mol. The summed E-state index contributed by atoms with van der Waals surface area (Å²) < 4.78 is 98.3. The summed E-state index contributed by atoms with van der Waals surface area (Å²) in [5.41, 5.74) is 2.24. The molecule has 39 heteroatoms. The van der Waals surface area contributed by atoms with Crippen LogP contribution in [0.4, 0.5) is 31.4 Å². The van der Waals surface area contributed by atoms with Gasteiger partial charge in [0.2, 0.25) is 18.5 Å². The van der Waals surface area contributed by atoms with Gasteiger partial charge < -0.3 is 142 Å². The summed E-state index contributed by atoms with van der Waals surface area (Å²) >= 11 is 0. The minimum absolute atomic E-state index is 0.0297. The zero-order chi connectivity index (χ0) is 88.4. The summed E-state index contributed by atoms with van der Waals surface area (Å²) in [6.07, 6.45) is -18.2. The molecule has 0 aromatic heterocycles. The highest BCUT2D eigenvalue weighted by molar-refractivity contribution is 6.07. The molecule has 4 saturated heterocycles. The Kier molecular flexibility index (Phi) is 32.3. The van der Waals surface area contributed by atoms with Crippen molar-refractivity contribution in [3.8, 4) is 46.3 Å². The maximum Gasteiger partial charge on any atom is 0.416 e. The zero-order valence-electron chi connectivity index (χ0n) is 69.0. The van der Waals surface area contributed by atoms with Crippen LogP contribution in [0.25, 0.3) is 0 Å². The lowest BCUT2D eigenvalue weighted by atomic mass is 9.99. The number of carboxylic acids is 2. The van der Waals surface area contributed by atoms with E-state index in [0.717, 1.165) is 31.3 Å². The van der Waals surface area contributed by atoms with Gasteiger partial charge in [-0.25, -0.2) is 33.8 Å². The first-order valence-electron chi connectivity index (χ1n) is 40.8. The zero-order valence-corrected chi connectivity index (χ0v) is 69.0. The monoisotopic (exact) mass is 1740 g/mol. The maximum absolute atomic E-state index is 15.0. The number of benzene rings is 4. The Bertz CT molecular complexity index is 4510. The van der Waals surface area contributed by atoms with Gasteiger partial charge in [0.1, 0.15) is 61.3 Å². The lowest BCUT2D eigenvalue weighted by molar-refractivity contribution is -0.271. The van der Waals surface area contributed by atoms with Gasteiger partial charge in [-0.2, -0.15) is 0 Å². The van der Waals surface area contributed by atoms with Crippen molar-refractivity contribution < 1.29 is 160 Å². The van der Waals surface area contributed by atoms with Crippen molar-refractivity contribution in [3.05, 3.63) is 113 Å². The highest BCUT2D eigenvalue weighted by Crippen LogP contribution is 2.53. The standard InChI is InChI=1S/C85H106N6O33/c1-46-34-59-77(110-5)90(84(106)119-43-48-16-19-50(20-17-48)121-81-71(97)67(93)69(95)73(123-81)79(101)102)57-39-64(62(108-3)37-53(57)75(99)88(59)41-46)116-24-12-9-13-25-117-65-40-58-54(38-63(65)109-4)76(100)89-42-47(2)35-60(89)78(111-6)91(58)85(107)120-44-49-18-21-61(122-82-72(98)68(94)70(96)74(124-82)80(103)104)56(36-49)87-66(92)22-26-112-28-30-114-32-33-115-31-29-113-27-23-86-83(105)118-45-55-51-14-10-7-8-11-15-52(51)55/h16-21,36-40,51-52,55,59-60,67-74,77-78,81-82,93-98H,1-2,9-15,22-35,41-45H2,3-6H3,(H,86,105)(H,87,92)(H,101,102)(H,103,104)/t51-,52+,55?,59-,60-,67-,68-,69-,70-,71+,72+,73-,74-,77-,78-,81+,82+/m0/s1. The normalized spacial score (nSPS) is 26.1. The topological polar surface area (TPSA) is 492 Å². The molecule has 10 N–H and O–H groups in total. The molecule has 674 valence electrons. The molecule has 5 fully saturated rings. The van der Waals surface area contributed by atoms with Crippen LogP contribution in [-0.2, 0) is 79.7 Å². The highest BCUT2D eigenvalue weighted by Gasteiger charge is 2.53. The van der Waals surface area contributed by atoms with E-state index in [2.05, 4.69) is 35.6 Å². The van der Waals surface area contributed by atoms with Crippen LogP contribution in [0.15, 0.2) is 91.0 Å². The molecule has 6 amide bonds. The Balaban J connectivity index is 0.647. The predicted octanol–water partition coefficient (Wildman–Crippen LogP) is 4.23. The molecule has 8 aliphatic rings. The molecule has 1 saturated carbocycles. The summed E-state index contributed by atoms with van der Waals surface area (Å²) in [6.45, 7) is 10.2. The molecule has 17 atom stereocenters. The van der Waals surface area contributed by atoms with Crippen molar-refractivity contribution in [3.63, 3.8) is 0 Å². The number of nitrogens with one attached hydrogen (secondary N) is 2. The number of alkyl carbamates (subject to hydrolysis) is 1. The van der Waals surface area contributed by atoms with Crippen molar-refractivity contribution in [1.82, 2.24) is 15.1 Å². The number of carbonyl (C=O) groups is 8. The molecule has 0 bridgehead atoms. The quantitative estimate of drug-likeness (QED) is 0.0129. The third-order valence-corrected chi connectivity index (χ3v) is 22.4. The fourth-order valence-electron chi connectivity index (χ4n) is 16.0. The van der Waals surface area contributed by atoms with Crippen LogP contribution >= 0.6 is 0 Å². The van der Waals surface area contributed by atoms with E-state index in [-0.39, 0.29) is 167 Å². The Morgan fingerprint density at radius 1 is 0.516 bits per heavy atom. The van der Waals surface area contributed by atoms with E-state index in [1.807, 2.05) is 0 Å². The van der Waals surface area contributed by atoms with Crippen LogP contribution < -0.4 is 48.9 Å². The average Bonchev–Trinajstić information content (AvgIpc) is 1.59. The van der Waals surface area contributed by atoms with Crippen molar-refractivity contribution >= 4 is 65.0 Å². The third-order valence-electron chi connectivity index (χ3n) is 22.4. The van der Waals surface area contributed by atoms with E-state index in [0.29, 0.717) is 67.8 Å². The Hall–Kier alpha value is -10.7. The number of aliphatic hydroxyl groups excluding tert-OH is 6. The number of fused-ring (bicyclic) bond motifs is 5. The number of amides is 6. The summed E-state index contributed by atoms with van der Waals surface area (Å²) in [5, 5.41) is 87.5.